The fraction of sp³-hybridized carbons (Fsp3) is 0.375. The van der Waals surface area contributed by atoms with Crippen molar-refractivity contribution in [1.82, 2.24) is 4.98 Å². The van der Waals surface area contributed by atoms with Crippen molar-refractivity contribution in [2.24, 2.45) is 5.73 Å². The lowest BCUT2D eigenvalue weighted by Crippen LogP contribution is -2.24. The Kier molecular flexibility index (Phi) is 2.73. The zero-order chi connectivity index (χ0) is 9.14. The van der Waals surface area contributed by atoms with Gasteiger partial charge >= 0.3 is 0 Å². The highest BCUT2D eigenvalue weighted by Crippen LogP contribution is 2.10. The SMILES string of the molecule is C[C@H](O)[C@@H](N)c1ccc(F)cn1. The summed E-state index contributed by atoms with van der Waals surface area (Å²) in [7, 11) is 0. The molecule has 66 valence electrons. The van der Waals surface area contributed by atoms with Gasteiger partial charge in [0, 0.05) is 0 Å². The Morgan fingerprint density at radius 3 is 2.67 bits per heavy atom. The van der Waals surface area contributed by atoms with E-state index in [1.165, 1.54) is 12.1 Å². The summed E-state index contributed by atoms with van der Waals surface area (Å²) in [5.74, 6) is -0.406. The lowest BCUT2D eigenvalue weighted by molar-refractivity contribution is 0.162. The van der Waals surface area contributed by atoms with Gasteiger partial charge in [-0.1, -0.05) is 0 Å². The summed E-state index contributed by atoms with van der Waals surface area (Å²) >= 11 is 0. The minimum atomic E-state index is -0.678. The average Bonchev–Trinajstić information content (AvgIpc) is 2.04. The summed E-state index contributed by atoms with van der Waals surface area (Å²) in [6, 6.07) is 2.18. The standard InChI is InChI=1S/C8H11FN2O/c1-5(12)8(10)7-3-2-6(9)4-11-7/h2-5,8,12H,10H2,1H3/t5-,8+/m0/s1. The summed E-state index contributed by atoms with van der Waals surface area (Å²) < 4.78 is 12.4. The lowest BCUT2D eigenvalue weighted by atomic mass is 10.1. The second kappa shape index (κ2) is 3.60. The fourth-order valence-corrected chi connectivity index (χ4v) is 0.832. The highest BCUT2D eigenvalue weighted by molar-refractivity contribution is 5.10. The van der Waals surface area contributed by atoms with Crippen LogP contribution in [0.25, 0.3) is 0 Å². The molecule has 0 spiro atoms. The second-order valence-electron chi connectivity index (χ2n) is 2.67. The van der Waals surface area contributed by atoms with E-state index in [2.05, 4.69) is 4.98 Å². The van der Waals surface area contributed by atoms with Gasteiger partial charge in [-0.15, -0.1) is 0 Å². The third-order valence-corrected chi connectivity index (χ3v) is 1.61. The van der Waals surface area contributed by atoms with Crippen molar-refractivity contribution in [3.8, 4) is 0 Å². The van der Waals surface area contributed by atoms with E-state index in [0.717, 1.165) is 6.20 Å². The van der Waals surface area contributed by atoms with Gasteiger partial charge in [0.2, 0.25) is 0 Å². The van der Waals surface area contributed by atoms with Gasteiger partial charge in [0.1, 0.15) is 5.82 Å². The number of nitrogens with zero attached hydrogens (tertiary/aromatic N) is 1. The third kappa shape index (κ3) is 1.99. The Morgan fingerprint density at radius 2 is 2.25 bits per heavy atom. The number of halogens is 1. The van der Waals surface area contributed by atoms with E-state index >= 15 is 0 Å². The zero-order valence-electron chi connectivity index (χ0n) is 6.74. The average molecular weight is 170 g/mol. The molecule has 0 aliphatic carbocycles. The molecule has 0 saturated heterocycles. The molecule has 0 saturated carbocycles. The number of aliphatic hydroxyl groups excluding tert-OH is 1. The molecule has 4 heteroatoms. The van der Waals surface area contributed by atoms with Crippen LogP contribution in [0.15, 0.2) is 18.3 Å². The van der Waals surface area contributed by atoms with E-state index in [-0.39, 0.29) is 0 Å². The number of hydrogen-bond donors (Lipinski definition) is 2. The summed E-state index contributed by atoms with van der Waals surface area (Å²) in [6.07, 6.45) is 0.403. The van der Waals surface area contributed by atoms with Gasteiger partial charge in [0.15, 0.2) is 0 Å². The van der Waals surface area contributed by atoms with Crippen LogP contribution in [0, 0.1) is 5.82 Å². The number of pyridine rings is 1. The Labute approximate surface area is 70.0 Å². The summed E-state index contributed by atoms with van der Waals surface area (Å²) in [5, 5.41) is 9.08. The lowest BCUT2D eigenvalue weighted by Gasteiger charge is -2.13. The molecule has 2 atom stereocenters. The minimum Gasteiger partial charge on any atom is -0.391 e. The highest BCUT2D eigenvalue weighted by Gasteiger charge is 2.12. The van der Waals surface area contributed by atoms with Gasteiger partial charge in [0.05, 0.1) is 24.0 Å². The van der Waals surface area contributed by atoms with Crippen molar-refractivity contribution in [1.29, 1.82) is 0 Å². The number of hydrogen-bond acceptors (Lipinski definition) is 3. The summed E-state index contributed by atoms with van der Waals surface area (Å²) in [5.41, 5.74) is 6.04. The molecule has 0 bridgehead atoms. The first-order chi connectivity index (χ1) is 5.61. The molecule has 1 aromatic rings. The quantitative estimate of drug-likeness (QED) is 0.683. The van der Waals surface area contributed by atoms with Crippen LogP contribution in [0.5, 0.6) is 0 Å². The zero-order valence-corrected chi connectivity index (χ0v) is 6.74. The molecule has 3 nitrogen and oxygen atoms in total. The fourth-order valence-electron chi connectivity index (χ4n) is 0.832. The van der Waals surface area contributed by atoms with Crippen molar-refractivity contribution in [3.63, 3.8) is 0 Å². The van der Waals surface area contributed by atoms with Crippen LogP contribution in [0.3, 0.4) is 0 Å². The van der Waals surface area contributed by atoms with E-state index in [9.17, 15) is 4.39 Å². The molecule has 1 rings (SSSR count). The Morgan fingerprint density at radius 1 is 1.58 bits per heavy atom. The second-order valence-corrected chi connectivity index (χ2v) is 2.67. The van der Waals surface area contributed by atoms with Gasteiger partial charge in [-0.3, -0.25) is 4.98 Å². The van der Waals surface area contributed by atoms with Crippen molar-refractivity contribution < 1.29 is 9.50 Å². The maximum Gasteiger partial charge on any atom is 0.141 e. The minimum absolute atomic E-state index is 0.406. The summed E-state index contributed by atoms with van der Waals surface area (Å²) in [4.78, 5) is 3.74. The summed E-state index contributed by atoms with van der Waals surface area (Å²) in [6.45, 7) is 1.57. The van der Waals surface area contributed by atoms with Crippen molar-refractivity contribution in [2.45, 2.75) is 19.1 Å². The Bertz CT molecular complexity index is 248. The van der Waals surface area contributed by atoms with Crippen LogP contribution < -0.4 is 5.73 Å². The molecule has 1 aromatic heterocycles. The molecule has 0 aromatic carbocycles. The Balaban J connectivity index is 2.82. The molecule has 0 radical (unpaired) electrons. The topological polar surface area (TPSA) is 59.1 Å². The third-order valence-electron chi connectivity index (χ3n) is 1.61. The van der Waals surface area contributed by atoms with Crippen LogP contribution in [-0.2, 0) is 0 Å². The molecule has 0 amide bonds. The van der Waals surface area contributed by atoms with Crippen LogP contribution in [0.4, 0.5) is 4.39 Å². The van der Waals surface area contributed by atoms with Gasteiger partial charge in [-0.05, 0) is 19.1 Å². The normalized spacial score (nSPS) is 15.7. The molecular weight excluding hydrogens is 159 g/mol. The van der Waals surface area contributed by atoms with Gasteiger partial charge < -0.3 is 10.8 Å². The largest absolute Gasteiger partial charge is 0.391 e. The maximum atomic E-state index is 12.4. The first-order valence-corrected chi connectivity index (χ1v) is 3.66. The molecule has 3 N–H and O–H groups in total. The van der Waals surface area contributed by atoms with E-state index < -0.39 is 18.0 Å². The smallest absolute Gasteiger partial charge is 0.141 e. The highest BCUT2D eigenvalue weighted by atomic mass is 19.1. The predicted molar refractivity (Wildman–Crippen MR) is 42.8 cm³/mol. The first-order valence-electron chi connectivity index (χ1n) is 3.66. The van der Waals surface area contributed by atoms with Gasteiger partial charge in [0.25, 0.3) is 0 Å². The van der Waals surface area contributed by atoms with Crippen LogP contribution >= 0.6 is 0 Å². The monoisotopic (exact) mass is 170 g/mol. The molecule has 0 fully saturated rings. The number of aliphatic hydroxyl groups is 1. The van der Waals surface area contributed by atoms with E-state index in [1.807, 2.05) is 0 Å². The van der Waals surface area contributed by atoms with Gasteiger partial charge in [-0.25, -0.2) is 4.39 Å². The number of nitrogens with two attached hydrogens (primary N) is 1. The number of aromatic nitrogens is 1. The molecule has 1 heterocycles. The van der Waals surface area contributed by atoms with E-state index in [4.69, 9.17) is 10.8 Å². The van der Waals surface area contributed by atoms with Crippen LogP contribution in [0.2, 0.25) is 0 Å². The predicted octanol–water partition coefficient (Wildman–Crippen LogP) is 0.601. The molecule has 12 heavy (non-hydrogen) atoms. The van der Waals surface area contributed by atoms with Gasteiger partial charge in [-0.2, -0.15) is 0 Å². The van der Waals surface area contributed by atoms with Crippen molar-refractivity contribution in [2.75, 3.05) is 0 Å². The van der Waals surface area contributed by atoms with Crippen LogP contribution in [0.1, 0.15) is 18.7 Å². The Hall–Kier alpha value is -1.00. The molecular formula is C8H11FN2O. The van der Waals surface area contributed by atoms with Crippen molar-refractivity contribution >= 4 is 0 Å². The van der Waals surface area contributed by atoms with Crippen molar-refractivity contribution in [3.05, 3.63) is 29.8 Å². The maximum absolute atomic E-state index is 12.4. The van der Waals surface area contributed by atoms with Crippen LogP contribution in [-0.4, -0.2) is 16.2 Å². The number of rotatable bonds is 2. The van der Waals surface area contributed by atoms with E-state index in [0.29, 0.717) is 5.69 Å². The first kappa shape index (κ1) is 9.09. The molecule has 0 aliphatic rings. The molecule has 0 aliphatic heterocycles. The van der Waals surface area contributed by atoms with E-state index in [1.54, 1.807) is 6.92 Å². The molecule has 0 unspecified atom stereocenters.